The van der Waals surface area contributed by atoms with Gasteiger partial charge in [0.05, 0.1) is 0 Å². The van der Waals surface area contributed by atoms with Crippen LogP contribution >= 0.6 is 0 Å². The van der Waals surface area contributed by atoms with E-state index >= 15 is 0 Å². The van der Waals surface area contributed by atoms with E-state index in [1.165, 1.54) is 12.8 Å². The number of hydrogen-bond acceptors (Lipinski definition) is 3. The lowest BCUT2D eigenvalue weighted by Gasteiger charge is -2.26. The van der Waals surface area contributed by atoms with Gasteiger partial charge in [0, 0.05) is 12.1 Å². The maximum Gasteiger partial charge on any atom is 0.0470 e. The zero-order valence-electron chi connectivity index (χ0n) is 5.51. The second kappa shape index (κ2) is 3.15. The summed E-state index contributed by atoms with van der Waals surface area (Å²) in [6.07, 6.45) is 4.45. The van der Waals surface area contributed by atoms with Crippen LogP contribution in [0.5, 0.6) is 0 Å². The van der Waals surface area contributed by atoms with Crippen LogP contribution in [0.4, 0.5) is 0 Å². The van der Waals surface area contributed by atoms with Crippen molar-refractivity contribution < 1.29 is 5.21 Å². The molecule has 0 bridgehead atoms. The van der Waals surface area contributed by atoms with Gasteiger partial charge >= 0.3 is 0 Å². The zero-order chi connectivity index (χ0) is 6.69. The molecule has 0 aromatic carbocycles. The van der Waals surface area contributed by atoms with Gasteiger partial charge in [0.2, 0.25) is 0 Å². The normalized spacial score (nSPS) is 36.7. The summed E-state index contributed by atoms with van der Waals surface area (Å²) in [5.41, 5.74) is 7.90. The molecule has 1 aliphatic carbocycles. The van der Waals surface area contributed by atoms with Crippen molar-refractivity contribution in [1.82, 2.24) is 5.48 Å². The first-order valence-electron chi connectivity index (χ1n) is 3.50. The monoisotopic (exact) mass is 130 g/mol. The molecule has 1 rings (SSSR count). The molecule has 2 unspecified atom stereocenters. The Labute approximate surface area is 55.2 Å². The van der Waals surface area contributed by atoms with Gasteiger partial charge in [-0.05, 0) is 12.8 Å². The van der Waals surface area contributed by atoms with Crippen molar-refractivity contribution in [1.29, 1.82) is 0 Å². The minimum atomic E-state index is 0.138. The molecule has 4 N–H and O–H groups in total. The van der Waals surface area contributed by atoms with Crippen molar-refractivity contribution in [3.05, 3.63) is 0 Å². The quantitative estimate of drug-likeness (QED) is 0.445. The van der Waals surface area contributed by atoms with E-state index < -0.39 is 0 Å². The minimum Gasteiger partial charge on any atom is -0.326 e. The van der Waals surface area contributed by atoms with Crippen LogP contribution in [0.1, 0.15) is 25.7 Å². The topological polar surface area (TPSA) is 58.3 Å². The van der Waals surface area contributed by atoms with Crippen LogP contribution in [0.3, 0.4) is 0 Å². The van der Waals surface area contributed by atoms with E-state index in [-0.39, 0.29) is 12.1 Å². The van der Waals surface area contributed by atoms with Gasteiger partial charge in [-0.25, -0.2) is 5.48 Å². The molecule has 0 amide bonds. The molecule has 1 saturated carbocycles. The van der Waals surface area contributed by atoms with Crippen molar-refractivity contribution in [2.75, 3.05) is 0 Å². The predicted octanol–water partition coefficient (Wildman–Crippen LogP) is 0.235. The van der Waals surface area contributed by atoms with Crippen LogP contribution in [0.2, 0.25) is 0 Å². The Kier molecular flexibility index (Phi) is 2.45. The summed E-state index contributed by atoms with van der Waals surface area (Å²) in [5, 5.41) is 8.53. The first kappa shape index (κ1) is 6.99. The molecule has 0 radical (unpaired) electrons. The van der Waals surface area contributed by atoms with Crippen LogP contribution in [0, 0.1) is 0 Å². The maximum absolute atomic E-state index is 8.53. The Hall–Kier alpha value is -0.120. The fourth-order valence-electron chi connectivity index (χ4n) is 1.32. The highest BCUT2D eigenvalue weighted by molar-refractivity contribution is 4.80. The Balaban J connectivity index is 2.30. The van der Waals surface area contributed by atoms with Crippen LogP contribution in [0.15, 0.2) is 0 Å². The van der Waals surface area contributed by atoms with Crippen molar-refractivity contribution in [2.24, 2.45) is 5.73 Å². The highest BCUT2D eigenvalue weighted by atomic mass is 16.5. The summed E-state index contributed by atoms with van der Waals surface area (Å²) < 4.78 is 0. The molecular formula is C6H14N2O. The van der Waals surface area contributed by atoms with E-state index in [0.29, 0.717) is 0 Å². The zero-order valence-corrected chi connectivity index (χ0v) is 5.51. The Morgan fingerprint density at radius 1 is 1.33 bits per heavy atom. The number of nitrogens with two attached hydrogens (primary N) is 1. The van der Waals surface area contributed by atoms with Crippen LogP contribution < -0.4 is 11.2 Å². The molecular weight excluding hydrogens is 116 g/mol. The van der Waals surface area contributed by atoms with E-state index in [0.717, 1.165) is 12.8 Å². The van der Waals surface area contributed by atoms with E-state index in [9.17, 15) is 0 Å². The molecule has 9 heavy (non-hydrogen) atoms. The van der Waals surface area contributed by atoms with E-state index in [1.54, 1.807) is 0 Å². The van der Waals surface area contributed by atoms with Crippen molar-refractivity contribution in [3.63, 3.8) is 0 Å². The number of rotatable bonds is 1. The van der Waals surface area contributed by atoms with Crippen molar-refractivity contribution >= 4 is 0 Å². The van der Waals surface area contributed by atoms with Crippen LogP contribution in [-0.2, 0) is 0 Å². The third-order valence-electron chi connectivity index (χ3n) is 1.99. The third kappa shape index (κ3) is 1.64. The fourth-order valence-corrected chi connectivity index (χ4v) is 1.32. The largest absolute Gasteiger partial charge is 0.326 e. The minimum absolute atomic E-state index is 0.138. The van der Waals surface area contributed by atoms with Gasteiger partial charge in [0.1, 0.15) is 0 Å². The molecule has 1 aliphatic rings. The average molecular weight is 130 g/mol. The second-order valence-electron chi connectivity index (χ2n) is 2.68. The summed E-state index contributed by atoms with van der Waals surface area (Å²) in [4.78, 5) is 0. The highest BCUT2D eigenvalue weighted by Gasteiger charge is 2.19. The highest BCUT2D eigenvalue weighted by Crippen LogP contribution is 2.15. The molecule has 3 nitrogen and oxygen atoms in total. The van der Waals surface area contributed by atoms with Gasteiger partial charge < -0.3 is 10.9 Å². The molecule has 0 aliphatic heterocycles. The summed E-state index contributed by atoms with van der Waals surface area (Å²) in [5.74, 6) is 0. The first-order chi connectivity index (χ1) is 4.34. The Morgan fingerprint density at radius 2 is 2.00 bits per heavy atom. The van der Waals surface area contributed by atoms with Gasteiger partial charge in [0.25, 0.3) is 0 Å². The number of hydrogen-bond donors (Lipinski definition) is 3. The third-order valence-corrected chi connectivity index (χ3v) is 1.99. The lowest BCUT2D eigenvalue weighted by molar-refractivity contribution is 0.0966. The summed E-state index contributed by atoms with van der Waals surface area (Å²) in [6.45, 7) is 0. The lowest BCUT2D eigenvalue weighted by Crippen LogP contribution is -2.45. The lowest BCUT2D eigenvalue weighted by atomic mass is 9.92. The molecule has 0 aromatic rings. The van der Waals surface area contributed by atoms with Crippen molar-refractivity contribution in [2.45, 2.75) is 37.8 Å². The SMILES string of the molecule is NC1CCCCC1NO. The summed E-state index contributed by atoms with van der Waals surface area (Å²) in [6, 6.07) is 0.294. The first-order valence-corrected chi connectivity index (χ1v) is 3.50. The van der Waals surface area contributed by atoms with Gasteiger partial charge in [-0.15, -0.1) is 0 Å². The number of hydroxylamine groups is 1. The van der Waals surface area contributed by atoms with Gasteiger partial charge in [-0.1, -0.05) is 12.8 Å². The van der Waals surface area contributed by atoms with Crippen LogP contribution in [0.25, 0.3) is 0 Å². The molecule has 1 fully saturated rings. The smallest absolute Gasteiger partial charge is 0.0470 e. The Bertz CT molecular complexity index is 87.1. The van der Waals surface area contributed by atoms with E-state index in [4.69, 9.17) is 10.9 Å². The molecule has 0 aromatic heterocycles. The number of nitrogens with one attached hydrogen (secondary N) is 1. The Morgan fingerprint density at radius 3 is 2.44 bits per heavy atom. The molecule has 0 saturated heterocycles. The summed E-state index contributed by atoms with van der Waals surface area (Å²) in [7, 11) is 0. The standard InChI is InChI=1S/C6H14N2O/c7-5-3-1-2-4-6(5)8-9/h5-6,8-9H,1-4,7H2. The van der Waals surface area contributed by atoms with Gasteiger partial charge in [0.15, 0.2) is 0 Å². The predicted molar refractivity (Wildman–Crippen MR) is 35.2 cm³/mol. The second-order valence-corrected chi connectivity index (χ2v) is 2.68. The molecule has 3 heteroatoms. The van der Waals surface area contributed by atoms with Gasteiger partial charge in [-0.3, -0.25) is 0 Å². The average Bonchev–Trinajstić information content (AvgIpc) is 1.89. The maximum atomic E-state index is 8.53. The summed E-state index contributed by atoms with van der Waals surface area (Å²) >= 11 is 0. The van der Waals surface area contributed by atoms with E-state index in [1.807, 2.05) is 0 Å². The molecule has 54 valence electrons. The molecule has 2 atom stereocenters. The molecule has 0 spiro atoms. The van der Waals surface area contributed by atoms with Crippen LogP contribution in [-0.4, -0.2) is 17.3 Å². The molecule has 0 heterocycles. The van der Waals surface area contributed by atoms with E-state index in [2.05, 4.69) is 5.48 Å². The fraction of sp³-hybridized carbons (Fsp3) is 1.00. The van der Waals surface area contributed by atoms with Gasteiger partial charge in [-0.2, -0.15) is 0 Å². The van der Waals surface area contributed by atoms with Crippen molar-refractivity contribution in [3.8, 4) is 0 Å².